The average molecular weight is 718 g/mol. The molecule has 56 heavy (non-hydrogen) atoms. The van der Waals surface area contributed by atoms with Crippen LogP contribution >= 0.6 is 0 Å². The third kappa shape index (κ3) is 5.37. The minimum Gasteiger partial charge on any atom is -0.456 e. The van der Waals surface area contributed by atoms with Crippen molar-refractivity contribution in [1.29, 1.82) is 0 Å². The molecule has 0 unspecified atom stereocenters. The Morgan fingerprint density at radius 1 is 0.339 bits per heavy atom. The number of aromatic nitrogens is 3. The van der Waals surface area contributed by atoms with E-state index in [-0.39, 0.29) is 0 Å². The Morgan fingerprint density at radius 3 is 1.64 bits per heavy atom. The number of nitrogens with zero attached hydrogens (tertiary/aromatic N) is 3. The van der Waals surface area contributed by atoms with Crippen LogP contribution in [0.1, 0.15) is 0 Å². The molecule has 0 radical (unpaired) electrons. The standard InChI is InChI=1S/C51H31N3O2/c1-2-9-35(10-3-1)43-31-44(54-51(53-43)37-23-17-32(18-24-37)33-27-29-52-30-28-33)36-21-19-34(20-22-36)38-25-26-40(50-49(38)42-12-5-7-15-46(42)56-50)39-13-8-16-47-48(39)41-11-4-6-14-45(41)55-47/h1-31H. The molecule has 7 aromatic carbocycles. The van der Waals surface area contributed by atoms with Crippen LogP contribution in [0.5, 0.6) is 0 Å². The molecular formula is C51H31N3O2. The number of para-hydroxylation sites is 2. The summed E-state index contributed by atoms with van der Waals surface area (Å²) in [5.74, 6) is 0.675. The number of rotatable bonds is 6. The zero-order chi connectivity index (χ0) is 37.0. The molecule has 0 amide bonds. The fraction of sp³-hybridized carbons (Fsp3) is 0. The first-order valence-electron chi connectivity index (χ1n) is 18.7. The summed E-state index contributed by atoms with van der Waals surface area (Å²) in [4.78, 5) is 14.3. The highest BCUT2D eigenvalue weighted by Crippen LogP contribution is 2.45. The molecule has 0 aliphatic carbocycles. The summed E-state index contributed by atoms with van der Waals surface area (Å²) < 4.78 is 13.0. The first-order valence-corrected chi connectivity index (χ1v) is 18.7. The maximum atomic E-state index is 6.72. The van der Waals surface area contributed by atoms with Gasteiger partial charge in [-0.1, -0.05) is 133 Å². The van der Waals surface area contributed by atoms with Crippen LogP contribution in [0.25, 0.3) is 111 Å². The zero-order valence-corrected chi connectivity index (χ0v) is 30.1. The van der Waals surface area contributed by atoms with E-state index in [1.807, 2.05) is 73.1 Å². The molecule has 11 rings (SSSR count). The molecule has 0 saturated carbocycles. The topological polar surface area (TPSA) is 65.0 Å². The number of hydrogen-bond acceptors (Lipinski definition) is 5. The second kappa shape index (κ2) is 13.0. The van der Waals surface area contributed by atoms with Crippen molar-refractivity contribution in [3.05, 3.63) is 188 Å². The summed E-state index contributed by atoms with van der Waals surface area (Å²) in [6, 6.07) is 60.6. The van der Waals surface area contributed by atoms with Gasteiger partial charge in [0.25, 0.3) is 0 Å². The number of fused-ring (bicyclic) bond motifs is 6. The van der Waals surface area contributed by atoms with Crippen molar-refractivity contribution < 1.29 is 8.83 Å². The lowest BCUT2D eigenvalue weighted by molar-refractivity contribution is 0.668. The SMILES string of the molecule is c1ccc(-c2cc(-c3ccc(-c4ccc(-c5cccc6oc7ccccc7c56)c5oc6ccccc6c45)cc3)nc(-c3ccc(-c4ccncc4)cc3)n2)cc1. The molecule has 11 aromatic rings. The van der Waals surface area contributed by atoms with E-state index in [1.54, 1.807) is 0 Å². The molecule has 262 valence electrons. The van der Waals surface area contributed by atoms with Crippen molar-refractivity contribution in [3.8, 4) is 67.3 Å². The summed E-state index contributed by atoms with van der Waals surface area (Å²) in [6.45, 7) is 0. The van der Waals surface area contributed by atoms with Gasteiger partial charge in [0.05, 0.1) is 11.4 Å². The Labute approximate surface area is 322 Å². The van der Waals surface area contributed by atoms with Crippen molar-refractivity contribution in [3.63, 3.8) is 0 Å². The van der Waals surface area contributed by atoms with E-state index in [2.05, 4.69) is 120 Å². The molecule has 4 heterocycles. The molecule has 0 bridgehead atoms. The van der Waals surface area contributed by atoms with Gasteiger partial charge < -0.3 is 8.83 Å². The van der Waals surface area contributed by atoms with Crippen molar-refractivity contribution in [1.82, 2.24) is 15.0 Å². The van der Waals surface area contributed by atoms with Gasteiger partial charge >= 0.3 is 0 Å². The molecule has 0 spiro atoms. The van der Waals surface area contributed by atoms with Crippen LogP contribution in [-0.4, -0.2) is 15.0 Å². The van der Waals surface area contributed by atoms with E-state index in [9.17, 15) is 0 Å². The molecular weight excluding hydrogens is 687 g/mol. The molecule has 5 heteroatoms. The van der Waals surface area contributed by atoms with Gasteiger partial charge in [0.15, 0.2) is 5.82 Å². The predicted octanol–water partition coefficient (Wildman–Crippen LogP) is 13.7. The first-order chi connectivity index (χ1) is 27.7. The van der Waals surface area contributed by atoms with Crippen molar-refractivity contribution in [2.45, 2.75) is 0 Å². The number of furan rings is 2. The van der Waals surface area contributed by atoms with E-state index in [4.69, 9.17) is 18.8 Å². The largest absolute Gasteiger partial charge is 0.456 e. The Bertz CT molecular complexity index is 3220. The first kappa shape index (κ1) is 31.9. The minimum absolute atomic E-state index is 0.675. The van der Waals surface area contributed by atoms with Gasteiger partial charge in [0.2, 0.25) is 0 Å². The van der Waals surface area contributed by atoms with Gasteiger partial charge in [-0.3, -0.25) is 4.98 Å². The summed E-state index contributed by atoms with van der Waals surface area (Å²) in [6.07, 6.45) is 3.62. The maximum absolute atomic E-state index is 6.72. The molecule has 0 aliphatic rings. The van der Waals surface area contributed by atoms with Gasteiger partial charge in [-0.15, -0.1) is 0 Å². The highest BCUT2D eigenvalue weighted by Gasteiger charge is 2.20. The van der Waals surface area contributed by atoms with Crippen molar-refractivity contribution >= 4 is 43.9 Å². The van der Waals surface area contributed by atoms with E-state index >= 15 is 0 Å². The lowest BCUT2D eigenvalue weighted by atomic mass is 9.92. The zero-order valence-electron chi connectivity index (χ0n) is 30.1. The minimum atomic E-state index is 0.675. The van der Waals surface area contributed by atoms with Crippen LogP contribution < -0.4 is 0 Å². The number of hydrogen-bond donors (Lipinski definition) is 0. The van der Waals surface area contributed by atoms with Crippen LogP contribution in [0.2, 0.25) is 0 Å². The predicted molar refractivity (Wildman–Crippen MR) is 227 cm³/mol. The monoisotopic (exact) mass is 717 g/mol. The maximum Gasteiger partial charge on any atom is 0.160 e. The second-order valence-electron chi connectivity index (χ2n) is 14.0. The van der Waals surface area contributed by atoms with Crippen LogP contribution in [0.15, 0.2) is 197 Å². The smallest absolute Gasteiger partial charge is 0.160 e. The van der Waals surface area contributed by atoms with E-state index < -0.39 is 0 Å². The Hall–Kier alpha value is -7.63. The Kier molecular flexibility index (Phi) is 7.42. The van der Waals surface area contributed by atoms with E-state index in [0.717, 1.165) is 105 Å². The third-order valence-corrected chi connectivity index (χ3v) is 10.7. The molecule has 4 aromatic heterocycles. The molecule has 5 nitrogen and oxygen atoms in total. The van der Waals surface area contributed by atoms with Crippen LogP contribution in [0.3, 0.4) is 0 Å². The summed E-state index contributed by atoms with van der Waals surface area (Å²) in [5.41, 5.74) is 14.7. The Balaban J connectivity index is 1.03. The number of pyridine rings is 1. The number of benzene rings is 7. The van der Waals surface area contributed by atoms with Crippen molar-refractivity contribution in [2.24, 2.45) is 0 Å². The quantitative estimate of drug-likeness (QED) is 0.171. The van der Waals surface area contributed by atoms with Crippen molar-refractivity contribution in [2.75, 3.05) is 0 Å². The van der Waals surface area contributed by atoms with Crippen LogP contribution in [0, 0.1) is 0 Å². The molecule has 0 fully saturated rings. The summed E-state index contributed by atoms with van der Waals surface area (Å²) in [7, 11) is 0. The van der Waals surface area contributed by atoms with Crippen LogP contribution in [-0.2, 0) is 0 Å². The van der Waals surface area contributed by atoms with Gasteiger partial charge in [-0.05, 0) is 70.3 Å². The van der Waals surface area contributed by atoms with Gasteiger partial charge in [-0.25, -0.2) is 9.97 Å². The van der Waals surface area contributed by atoms with E-state index in [0.29, 0.717) is 5.82 Å². The molecule has 0 N–H and O–H groups in total. The van der Waals surface area contributed by atoms with Gasteiger partial charge in [-0.2, -0.15) is 0 Å². The van der Waals surface area contributed by atoms with E-state index in [1.165, 1.54) is 0 Å². The molecule has 0 atom stereocenters. The van der Waals surface area contributed by atoms with Gasteiger partial charge in [0.1, 0.15) is 22.3 Å². The third-order valence-electron chi connectivity index (χ3n) is 10.7. The highest BCUT2D eigenvalue weighted by molar-refractivity contribution is 6.20. The van der Waals surface area contributed by atoms with Gasteiger partial charge in [0, 0.05) is 56.2 Å². The highest BCUT2D eigenvalue weighted by atomic mass is 16.3. The van der Waals surface area contributed by atoms with Crippen LogP contribution in [0.4, 0.5) is 0 Å². The summed E-state index contributed by atoms with van der Waals surface area (Å²) >= 11 is 0. The average Bonchev–Trinajstić information content (AvgIpc) is 3.86. The normalized spacial score (nSPS) is 11.6. The molecule has 0 aliphatic heterocycles. The summed E-state index contributed by atoms with van der Waals surface area (Å²) in [5, 5.41) is 4.34. The fourth-order valence-corrected chi connectivity index (χ4v) is 7.94. The Morgan fingerprint density at radius 2 is 0.893 bits per heavy atom. The second-order valence-corrected chi connectivity index (χ2v) is 14.0. The lowest BCUT2D eigenvalue weighted by Crippen LogP contribution is -1.96. The fourth-order valence-electron chi connectivity index (χ4n) is 7.94. The lowest BCUT2D eigenvalue weighted by Gasteiger charge is -2.12. The molecule has 0 saturated heterocycles.